The van der Waals surface area contributed by atoms with E-state index in [2.05, 4.69) is 23.6 Å². The molecule has 2 amide bonds. The number of para-hydroxylation sites is 1. The van der Waals surface area contributed by atoms with Gasteiger partial charge < -0.3 is 10.6 Å². The van der Waals surface area contributed by atoms with Gasteiger partial charge in [-0.05, 0) is 30.5 Å². The standard InChI is InChI=1S/C17H20N2O/c1-3-15-9-4-5-10-16(15)19-17(20)18-12-14-8-6-7-13(2)11-14/h4-11H,3,12H2,1-2H3,(H2,18,19,20). The molecule has 3 nitrogen and oxygen atoms in total. The van der Waals surface area contributed by atoms with Crippen LogP contribution in [0.4, 0.5) is 10.5 Å². The largest absolute Gasteiger partial charge is 0.334 e. The number of rotatable bonds is 4. The molecule has 0 fully saturated rings. The molecule has 0 aliphatic carbocycles. The molecule has 20 heavy (non-hydrogen) atoms. The molecule has 2 aromatic rings. The molecule has 2 rings (SSSR count). The molecule has 0 saturated carbocycles. The number of carbonyl (C=O) groups is 1. The van der Waals surface area contributed by atoms with E-state index in [1.807, 2.05) is 49.4 Å². The minimum absolute atomic E-state index is 0.174. The Morgan fingerprint density at radius 3 is 2.65 bits per heavy atom. The lowest BCUT2D eigenvalue weighted by Crippen LogP contribution is -2.28. The van der Waals surface area contributed by atoms with Gasteiger partial charge in [0, 0.05) is 12.2 Å². The van der Waals surface area contributed by atoms with Gasteiger partial charge in [0.1, 0.15) is 0 Å². The summed E-state index contributed by atoms with van der Waals surface area (Å²) in [5.74, 6) is 0. The van der Waals surface area contributed by atoms with Crippen LogP contribution in [0.2, 0.25) is 0 Å². The van der Waals surface area contributed by atoms with Crippen LogP contribution in [0.3, 0.4) is 0 Å². The van der Waals surface area contributed by atoms with Crippen LogP contribution in [0.25, 0.3) is 0 Å². The second-order valence-electron chi connectivity index (χ2n) is 4.81. The summed E-state index contributed by atoms with van der Waals surface area (Å²) in [6, 6.07) is 15.8. The second kappa shape index (κ2) is 6.75. The van der Waals surface area contributed by atoms with Crippen molar-refractivity contribution in [2.45, 2.75) is 26.8 Å². The van der Waals surface area contributed by atoms with Crippen molar-refractivity contribution < 1.29 is 4.79 Å². The van der Waals surface area contributed by atoms with Crippen LogP contribution in [0.1, 0.15) is 23.6 Å². The lowest BCUT2D eigenvalue weighted by atomic mass is 10.1. The van der Waals surface area contributed by atoms with Crippen molar-refractivity contribution in [3.05, 3.63) is 65.2 Å². The van der Waals surface area contributed by atoms with Crippen LogP contribution in [0.15, 0.2) is 48.5 Å². The Balaban J connectivity index is 1.93. The molecular weight excluding hydrogens is 248 g/mol. The Bertz CT molecular complexity index is 593. The minimum atomic E-state index is -0.174. The fraction of sp³-hybridized carbons (Fsp3) is 0.235. The summed E-state index contributed by atoms with van der Waals surface area (Å²) < 4.78 is 0. The lowest BCUT2D eigenvalue weighted by Gasteiger charge is -2.11. The number of aryl methyl sites for hydroxylation is 2. The number of hydrogen-bond donors (Lipinski definition) is 2. The highest BCUT2D eigenvalue weighted by molar-refractivity contribution is 5.90. The van der Waals surface area contributed by atoms with E-state index in [-0.39, 0.29) is 6.03 Å². The van der Waals surface area contributed by atoms with Gasteiger partial charge in [-0.3, -0.25) is 0 Å². The van der Waals surface area contributed by atoms with E-state index < -0.39 is 0 Å². The monoisotopic (exact) mass is 268 g/mol. The van der Waals surface area contributed by atoms with Crippen LogP contribution < -0.4 is 10.6 Å². The number of anilines is 1. The van der Waals surface area contributed by atoms with Gasteiger partial charge >= 0.3 is 6.03 Å². The van der Waals surface area contributed by atoms with Gasteiger partial charge in [-0.15, -0.1) is 0 Å². The highest BCUT2D eigenvalue weighted by Gasteiger charge is 2.04. The number of nitrogens with one attached hydrogen (secondary N) is 2. The fourth-order valence-electron chi connectivity index (χ4n) is 2.12. The first-order chi connectivity index (χ1) is 9.69. The highest BCUT2D eigenvalue weighted by atomic mass is 16.2. The van der Waals surface area contributed by atoms with Crippen molar-refractivity contribution in [2.75, 3.05) is 5.32 Å². The van der Waals surface area contributed by atoms with Gasteiger partial charge in [0.05, 0.1) is 0 Å². The summed E-state index contributed by atoms with van der Waals surface area (Å²) in [5, 5.41) is 5.77. The van der Waals surface area contributed by atoms with Gasteiger partial charge in [-0.2, -0.15) is 0 Å². The summed E-state index contributed by atoms with van der Waals surface area (Å²) in [6.07, 6.45) is 0.897. The van der Waals surface area contributed by atoms with E-state index in [0.717, 1.165) is 23.2 Å². The average Bonchev–Trinajstić information content (AvgIpc) is 2.46. The van der Waals surface area contributed by atoms with E-state index in [0.29, 0.717) is 6.54 Å². The van der Waals surface area contributed by atoms with Gasteiger partial charge in [0.25, 0.3) is 0 Å². The molecule has 0 heterocycles. The molecule has 2 N–H and O–H groups in total. The average molecular weight is 268 g/mol. The Labute approximate surface area is 120 Å². The van der Waals surface area contributed by atoms with E-state index in [9.17, 15) is 4.79 Å². The predicted molar refractivity (Wildman–Crippen MR) is 82.9 cm³/mol. The summed E-state index contributed by atoms with van der Waals surface area (Å²) in [6.45, 7) is 4.65. The summed E-state index contributed by atoms with van der Waals surface area (Å²) >= 11 is 0. The molecule has 0 saturated heterocycles. The number of amides is 2. The first-order valence-electron chi connectivity index (χ1n) is 6.87. The van der Waals surface area contributed by atoms with Crippen LogP contribution in [-0.4, -0.2) is 6.03 Å². The Hall–Kier alpha value is -2.29. The van der Waals surface area contributed by atoms with Gasteiger partial charge in [-0.1, -0.05) is 55.0 Å². The summed E-state index contributed by atoms with van der Waals surface area (Å²) in [5.41, 5.74) is 4.31. The second-order valence-corrected chi connectivity index (χ2v) is 4.81. The first-order valence-corrected chi connectivity index (χ1v) is 6.87. The maximum atomic E-state index is 11.9. The molecule has 104 valence electrons. The molecule has 0 aliphatic heterocycles. The molecule has 0 bridgehead atoms. The van der Waals surface area contributed by atoms with Crippen molar-refractivity contribution >= 4 is 11.7 Å². The number of carbonyl (C=O) groups excluding carboxylic acids is 1. The molecule has 3 heteroatoms. The van der Waals surface area contributed by atoms with E-state index in [1.54, 1.807) is 0 Å². The van der Waals surface area contributed by atoms with Crippen LogP contribution >= 0.6 is 0 Å². The van der Waals surface area contributed by atoms with Gasteiger partial charge in [-0.25, -0.2) is 4.79 Å². The molecular formula is C17H20N2O. The zero-order chi connectivity index (χ0) is 14.4. The SMILES string of the molecule is CCc1ccccc1NC(=O)NCc1cccc(C)c1. The summed E-state index contributed by atoms with van der Waals surface area (Å²) in [7, 11) is 0. The quantitative estimate of drug-likeness (QED) is 0.868. The highest BCUT2D eigenvalue weighted by Crippen LogP contribution is 2.15. The molecule has 2 aromatic carbocycles. The molecule has 0 spiro atoms. The zero-order valence-corrected chi connectivity index (χ0v) is 11.9. The third-order valence-corrected chi connectivity index (χ3v) is 3.18. The zero-order valence-electron chi connectivity index (χ0n) is 11.9. The smallest absolute Gasteiger partial charge is 0.319 e. The Kier molecular flexibility index (Phi) is 4.77. The molecule has 0 radical (unpaired) electrons. The molecule has 0 atom stereocenters. The van der Waals surface area contributed by atoms with Crippen LogP contribution in [0, 0.1) is 6.92 Å². The van der Waals surface area contributed by atoms with E-state index >= 15 is 0 Å². The Morgan fingerprint density at radius 2 is 1.90 bits per heavy atom. The van der Waals surface area contributed by atoms with Gasteiger partial charge in [0.15, 0.2) is 0 Å². The van der Waals surface area contributed by atoms with Crippen molar-refractivity contribution in [1.29, 1.82) is 0 Å². The normalized spacial score (nSPS) is 10.1. The fourth-order valence-corrected chi connectivity index (χ4v) is 2.12. The van der Waals surface area contributed by atoms with Crippen molar-refractivity contribution in [1.82, 2.24) is 5.32 Å². The van der Waals surface area contributed by atoms with Crippen molar-refractivity contribution in [3.8, 4) is 0 Å². The first kappa shape index (κ1) is 14.1. The van der Waals surface area contributed by atoms with Crippen molar-refractivity contribution in [3.63, 3.8) is 0 Å². The number of benzene rings is 2. The lowest BCUT2D eigenvalue weighted by molar-refractivity contribution is 0.251. The third kappa shape index (κ3) is 3.85. The van der Waals surface area contributed by atoms with Crippen LogP contribution in [-0.2, 0) is 13.0 Å². The molecule has 0 aliphatic rings. The predicted octanol–water partition coefficient (Wildman–Crippen LogP) is 3.88. The van der Waals surface area contributed by atoms with E-state index in [4.69, 9.17) is 0 Å². The van der Waals surface area contributed by atoms with Crippen LogP contribution in [0.5, 0.6) is 0 Å². The Morgan fingerprint density at radius 1 is 1.10 bits per heavy atom. The van der Waals surface area contributed by atoms with Crippen molar-refractivity contribution in [2.24, 2.45) is 0 Å². The molecule has 0 unspecified atom stereocenters. The number of urea groups is 1. The summed E-state index contributed by atoms with van der Waals surface area (Å²) in [4.78, 5) is 11.9. The topological polar surface area (TPSA) is 41.1 Å². The minimum Gasteiger partial charge on any atom is -0.334 e. The maximum Gasteiger partial charge on any atom is 0.319 e. The molecule has 0 aromatic heterocycles. The van der Waals surface area contributed by atoms with E-state index in [1.165, 1.54) is 5.56 Å². The third-order valence-electron chi connectivity index (χ3n) is 3.18. The maximum absolute atomic E-state index is 11.9. The number of hydrogen-bond acceptors (Lipinski definition) is 1. The van der Waals surface area contributed by atoms with Gasteiger partial charge in [0.2, 0.25) is 0 Å².